The van der Waals surface area contributed by atoms with Gasteiger partial charge in [0.15, 0.2) is 0 Å². The molecule has 5 heteroatoms. The highest BCUT2D eigenvalue weighted by atomic mass is 16.5. The molecule has 3 fully saturated rings. The summed E-state index contributed by atoms with van der Waals surface area (Å²) in [6.45, 7) is 2.06. The zero-order valence-electron chi connectivity index (χ0n) is 11.4. The van der Waals surface area contributed by atoms with E-state index >= 15 is 0 Å². The summed E-state index contributed by atoms with van der Waals surface area (Å²) in [6, 6.07) is 0.710. The Labute approximate surface area is 114 Å². The molecule has 5 nitrogen and oxygen atoms in total. The van der Waals surface area contributed by atoms with Crippen molar-refractivity contribution in [1.82, 2.24) is 10.2 Å². The van der Waals surface area contributed by atoms with Crippen molar-refractivity contribution >= 4 is 5.91 Å². The Bertz CT molecular complexity index is 325. The van der Waals surface area contributed by atoms with E-state index in [0.29, 0.717) is 25.3 Å². The van der Waals surface area contributed by atoms with Gasteiger partial charge in [-0.25, -0.2) is 0 Å². The molecular formula is C14H24N2O3. The van der Waals surface area contributed by atoms with E-state index in [1.54, 1.807) is 0 Å². The number of rotatable bonds is 3. The highest BCUT2D eigenvalue weighted by molar-refractivity contribution is 5.82. The lowest BCUT2D eigenvalue weighted by atomic mass is 9.90. The standard InChI is InChI=1S/C14H24N2O3/c17-12-5-3-11(4-6-12)16-7-8-19-9-13(16)14(18)15-10-1-2-10/h10-13,17H,1-9H2,(H,15,18). The number of aliphatic hydroxyl groups excluding tert-OH is 1. The van der Waals surface area contributed by atoms with Crippen molar-refractivity contribution in [3.05, 3.63) is 0 Å². The zero-order valence-corrected chi connectivity index (χ0v) is 11.4. The van der Waals surface area contributed by atoms with Crippen LogP contribution in [0.2, 0.25) is 0 Å². The van der Waals surface area contributed by atoms with Crippen molar-refractivity contribution in [1.29, 1.82) is 0 Å². The summed E-state index contributed by atoms with van der Waals surface area (Å²) in [5.41, 5.74) is 0. The first-order valence-corrected chi connectivity index (χ1v) is 7.56. The molecule has 0 spiro atoms. The minimum Gasteiger partial charge on any atom is -0.393 e. The van der Waals surface area contributed by atoms with Gasteiger partial charge in [-0.3, -0.25) is 9.69 Å². The quantitative estimate of drug-likeness (QED) is 0.771. The van der Waals surface area contributed by atoms with Crippen molar-refractivity contribution in [3.63, 3.8) is 0 Å². The molecule has 1 amide bonds. The Morgan fingerprint density at radius 1 is 1.16 bits per heavy atom. The van der Waals surface area contributed by atoms with Crippen molar-refractivity contribution < 1.29 is 14.6 Å². The van der Waals surface area contributed by atoms with E-state index in [2.05, 4.69) is 10.2 Å². The fourth-order valence-corrected chi connectivity index (χ4v) is 3.19. The molecule has 0 bridgehead atoms. The van der Waals surface area contributed by atoms with E-state index in [1.807, 2.05) is 0 Å². The topological polar surface area (TPSA) is 61.8 Å². The van der Waals surface area contributed by atoms with Gasteiger partial charge in [0, 0.05) is 18.6 Å². The smallest absolute Gasteiger partial charge is 0.239 e. The Morgan fingerprint density at radius 2 is 1.89 bits per heavy atom. The normalized spacial score (nSPS) is 37.0. The van der Waals surface area contributed by atoms with Crippen molar-refractivity contribution in [2.24, 2.45) is 0 Å². The van der Waals surface area contributed by atoms with Crippen LogP contribution in [-0.4, -0.2) is 59.9 Å². The van der Waals surface area contributed by atoms with Crippen LogP contribution in [0.3, 0.4) is 0 Å². The Kier molecular flexibility index (Phi) is 4.05. The highest BCUT2D eigenvalue weighted by Crippen LogP contribution is 2.26. The predicted molar refractivity (Wildman–Crippen MR) is 70.7 cm³/mol. The Balaban J connectivity index is 1.60. The van der Waals surface area contributed by atoms with E-state index in [-0.39, 0.29) is 18.1 Å². The van der Waals surface area contributed by atoms with Crippen LogP contribution in [0.15, 0.2) is 0 Å². The minimum atomic E-state index is -0.143. The van der Waals surface area contributed by atoms with Crippen LogP contribution in [0, 0.1) is 0 Å². The lowest BCUT2D eigenvalue weighted by molar-refractivity contribution is -0.135. The Hall–Kier alpha value is -0.650. The van der Waals surface area contributed by atoms with E-state index in [1.165, 1.54) is 0 Å². The molecule has 108 valence electrons. The molecule has 2 aliphatic carbocycles. The number of nitrogens with zero attached hydrogens (tertiary/aromatic N) is 1. The van der Waals surface area contributed by atoms with Gasteiger partial charge >= 0.3 is 0 Å². The maximum Gasteiger partial charge on any atom is 0.239 e. The van der Waals surface area contributed by atoms with Crippen LogP contribution in [0.1, 0.15) is 38.5 Å². The van der Waals surface area contributed by atoms with Gasteiger partial charge in [-0.05, 0) is 38.5 Å². The summed E-state index contributed by atoms with van der Waals surface area (Å²) in [7, 11) is 0. The van der Waals surface area contributed by atoms with Crippen LogP contribution >= 0.6 is 0 Å². The molecule has 2 N–H and O–H groups in total. The molecular weight excluding hydrogens is 244 g/mol. The molecule has 1 aliphatic heterocycles. The minimum absolute atomic E-state index is 0.130. The van der Waals surface area contributed by atoms with E-state index in [9.17, 15) is 9.90 Å². The SMILES string of the molecule is O=C(NC1CC1)C1COCCN1C1CCC(O)CC1. The second kappa shape index (κ2) is 5.77. The fraction of sp³-hybridized carbons (Fsp3) is 0.929. The number of amides is 1. The summed E-state index contributed by atoms with van der Waals surface area (Å²) >= 11 is 0. The number of hydrogen-bond acceptors (Lipinski definition) is 4. The van der Waals surface area contributed by atoms with E-state index in [4.69, 9.17) is 4.74 Å². The molecule has 19 heavy (non-hydrogen) atoms. The maximum absolute atomic E-state index is 12.3. The summed E-state index contributed by atoms with van der Waals surface area (Å²) in [5.74, 6) is 0.133. The molecule has 1 unspecified atom stereocenters. The molecule has 2 saturated carbocycles. The number of morpholine rings is 1. The van der Waals surface area contributed by atoms with E-state index in [0.717, 1.165) is 45.1 Å². The summed E-state index contributed by atoms with van der Waals surface area (Å²) in [5, 5.41) is 12.7. The van der Waals surface area contributed by atoms with Crippen molar-refractivity contribution in [3.8, 4) is 0 Å². The largest absolute Gasteiger partial charge is 0.393 e. The number of hydrogen-bond donors (Lipinski definition) is 2. The zero-order chi connectivity index (χ0) is 13.2. The van der Waals surface area contributed by atoms with Gasteiger partial charge < -0.3 is 15.2 Å². The summed E-state index contributed by atoms with van der Waals surface area (Å²) in [6.07, 6.45) is 5.81. The lowest BCUT2D eigenvalue weighted by Crippen LogP contribution is -2.58. The van der Waals surface area contributed by atoms with Gasteiger partial charge in [-0.2, -0.15) is 0 Å². The second-order valence-electron chi connectivity index (χ2n) is 6.07. The first-order chi connectivity index (χ1) is 9.24. The first kappa shape index (κ1) is 13.3. The van der Waals surface area contributed by atoms with Gasteiger partial charge in [0.25, 0.3) is 0 Å². The summed E-state index contributed by atoms with van der Waals surface area (Å²) in [4.78, 5) is 14.6. The third kappa shape index (κ3) is 3.27. The molecule has 3 aliphatic rings. The monoisotopic (exact) mass is 268 g/mol. The third-order valence-electron chi connectivity index (χ3n) is 4.53. The lowest BCUT2D eigenvalue weighted by Gasteiger charge is -2.42. The van der Waals surface area contributed by atoms with Crippen LogP contribution in [-0.2, 0) is 9.53 Å². The third-order valence-corrected chi connectivity index (χ3v) is 4.53. The van der Waals surface area contributed by atoms with Crippen LogP contribution in [0.4, 0.5) is 0 Å². The Morgan fingerprint density at radius 3 is 2.58 bits per heavy atom. The molecule has 1 atom stereocenters. The molecule has 1 saturated heterocycles. The number of nitrogens with one attached hydrogen (secondary N) is 1. The number of aliphatic hydroxyl groups is 1. The van der Waals surface area contributed by atoms with Gasteiger partial charge in [0.05, 0.1) is 19.3 Å². The van der Waals surface area contributed by atoms with Crippen molar-refractivity contribution in [2.75, 3.05) is 19.8 Å². The van der Waals surface area contributed by atoms with Gasteiger partial charge in [0.1, 0.15) is 6.04 Å². The molecule has 0 radical (unpaired) electrons. The van der Waals surface area contributed by atoms with Crippen LogP contribution in [0.5, 0.6) is 0 Å². The molecule has 0 aromatic carbocycles. The molecule has 1 heterocycles. The molecule has 3 rings (SSSR count). The second-order valence-corrected chi connectivity index (χ2v) is 6.07. The number of ether oxygens (including phenoxy) is 1. The fourth-order valence-electron chi connectivity index (χ4n) is 3.19. The first-order valence-electron chi connectivity index (χ1n) is 7.56. The molecule has 0 aromatic heterocycles. The van der Waals surface area contributed by atoms with Gasteiger partial charge in [0.2, 0.25) is 5.91 Å². The predicted octanol–water partition coefficient (Wildman–Crippen LogP) is 0.269. The average Bonchev–Trinajstić information content (AvgIpc) is 3.23. The number of carbonyl (C=O) groups is 1. The summed E-state index contributed by atoms with van der Waals surface area (Å²) < 4.78 is 5.50. The van der Waals surface area contributed by atoms with Crippen molar-refractivity contribution in [2.45, 2.75) is 62.8 Å². The molecule has 0 aromatic rings. The van der Waals surface area contributed by atoms with Crippen LogP contribution < -0.4 is 5.32 Å². The van der Waals surface area contributed by atoms with Gasteiger partial charge in [-0.1, -0.05) is 0 Å². The maximum atomic E-state index is 12.3. The number of carbonyl (C=O) groups excluding carboxylic acids is 1. The van der Waals surface area contributed by atoms with E-state index < -0.39 is 0 Å². The van der Waals surface area contributed by atoms with Gasteiger partial charge in [-0.15, -0.1) is 0 Å². The highest BCUT2D eigenvalue weighted by Gasteiger charge is 2.37. The van der Waals surface area contributed by atoms with Crippen LogP contribution in [0.25, 0.3) is 0 Å². The average molecular weight is 268 g/mol.